The van der Waals surface area contributed by atoms with Crippen molar-refractivity contribution in [3.63, 3.8) is 0 Å². The third-order valence-corrected chi connectivity index (χ3v) is 4.06. The first kappa shape index (κ1) is 17.5. The Balaban J connectivity index is 2.86. The van der Waals surface area contributed by atoms with Crippen molar-refractivity contribution in [3.8, 4) is 0 Å². The number of nitrogens with one attached hydrogen (secondary N) is 1. The van der Waals surface area contributed by atoms with E-state index in [1.807, 2.05) is 13.8 Å². The Hall–Kier alpha value is -1.57. The second kappa shape index (κ2) is 6.46. The number of carbonyl (C=O) groups excluding carboxylic acids is 1. The highest BCUT2D eigenvalue weighted by Crippen LogP contribution is 2.23. The van der Waals surface area contributed by atoms with E-state index in [1.54, 1.807) is 12.1 Å². The molecule has 0 aliphatic heterocycles. The summed E-state index contributed by atoms with van der Waals surface area (Å²) in [6.07, 6.45) is 1.92. The number of hydrogen-bond acceptors (Lipinski definition) is 3. The number of halogens is 3. The van der Waals surface area contributed by atoms with Crippen LogP contribution in [0.3, 0.4) is 0 Å². The smallest absolute Gasteiger partial charge is 0.268 e. The van der Waals surface area contributed by atoms with Gasteiger partial charge in [-0.05, 0) is 30.0 Å². The standard InChI is InChI=1S/C13H16F3NO3S/c1-3-4-9(2)10-5-7-11(8-6-10)12(18)17-21(19,20)13(14,15)16/h5-9H,3-4H2,1-2H3,(H,17,18). The Bertz CT molecular complexity index is 594. The molecule has 118 valence electrons. The van der Waals surface area contributed by atoms with E-state index < -0.39 is 21.4 Å². The molecule has 1 amide bonds. The predicted octanol–water partition coefficient (Wildman–Crippen LogP) is 3.17. The Labute approximate surface area is 121 Å². The fraction of sp³-hybridized carbons (Fsp3) is 0.462. The van der Waals surface area contributed by atoms with E-state index in [4.69, 9.17) is 0 Å². The van der Waals surface area contributed by atoms with Crippen molar-refractivity contribution >= 4 is 15.9 Å². The molecular weight excluding hydrogens is 307 g/mol. The highest BCUT2D eigenvalue weighted by Gasteiger charge is 2.47. The maximum Gasteiger partial charge on any atom is 0.516 e. The van der Waals surface area contributed by atoms with Gasteiger partial charge < -0.3 is 0 Å². The zero-order valence-corrected chi connectivity index (χ0v) is 12.4. The van der Waals surface area contributed by atoms with Crippen LogP contribution in [0.25, 0.3) is 0 Å². The van der Waals surface area contributed by atoms with E-state index >= 15 is 0 Å². The molecule has 1 N–H and O–H groups in total. The quantitative estimate of drug-likeness (QED) is 0.905. The molecule has 1 rings (SSSR count). The fourth-order valence-electron chi connectivity index (χ4n) is 1.80. The highest BCUT2D eigenvalue weighted by molar-refractivity contribution is 7.90. The second-order valence-electron chi connectivity index (χ2n) is 4.69. The van der Waals surface area contributed by atoms with Crippen molar-refractivity contribution < 1.29 is 26.4 Å². The molecule has 1 atom stereocenters. The number of hydrogen-bond donors (Lipinski definition) is 1. The summed E-state index contributed by atoms with van der Waals surface area (Å²) in [6, 6.07) is 5.83. The molecule has 4 nitrogen and oxygen atoms in total. The van der Waals surface area contributed by atoms with Crippen molar-refractivity contribution in [1.29, 1.82) is 0 Å². The first-order chi connectivity index (χ1) is 9.58. The third-order valence-electron chi connectivity index (χ3n) is 3.00. The number of rotatable bonds is 5. The van der Waals surface area contributed by atoms with Crippen LogP contribution < -0.4 is 4.72 Å². The number of amides is 1. The summed E-state index contributed by atoms with van der Waals surface area (Å²) in [4.78, 5) is 11.5. The number of sulfonamides is 1. The lowest BCUT2D eigenvalue weighted by Gasteiger charge is -2.12. The summed E-state index contributed by atoms with van der Waals surface area (Å²) in [5.74, 6) is -1.05. The van der Waals surface area contributed by atoms with E-state index in [-0.39, 0.29) is 11.5 Å². The van der Waals surface area contributed by atoms with Gasteiger partial charge in [0, 0.05) is 5.56 Å². The third kappa shape index (κ3) is 4.45. The zero-order chi connectivity index (χ0) is 16.3. The van der Waals surface area contributed by atoms with Crippen molar-refractivity contribution in [1.82, 2.24) is 4.72 Å². The van der Waals surface area contributed by atoms with Crippen LogP contribution in [-0.2, 0) is 10.0 Å². The minimum absolute atomic E-state index is 0.143. The first-order valence-corrected chi connectivity index (χ1v) is 7.80. The Kier molecular flexibility index (Phi) is 5.38. The van der Waals surface area contributed by atoms with Gasteiger partial charge in [-0.3, -0.25) is 4.79 Å². The lowest BCUT2D eigenvalue weighted by atomic mass is 9.96. The topological polar surface area (TPSA) is 63.2 Å². The minimum Gasteiger partial charge on any atom is -0.268 e. The van der Waals surface area contributed by atoms with Crippen LogP contribution in [0.4, 0.5) is 13.2 Å². The van der Waals surface area contributed by atoms with Gasteiger partial charge in [-0.2, -0.15) is 21.6 Å². The average Bonchev–Trinajstić information content (AvgIpc) is 2.37. The van der Waals surface area contributed by atoms with Crippen LogP contribution >= 0.6 is 0 Å². The molecule has 0 spiro atoms. The molecule has 1 unspecified atom stereocenters. The van der Waals surface area contributed by atoms with E-state index in [0.29, 0.717) is 0 Å². The van der Waals surface area contributed by atoms with Crippen LogP contribution in [-0.4, -0.2) is 19.8 Å². The van der Waals surface area contributed by atoms with Gasteiger partial charge in [0.15, 0.2) is 0 Å². The molecule has 1 aromatic rings. The average molecular weight is 323 g/mol. The minimum atomic E-state index is -5.68. The van der Waals surface area contributed by atoms with Gasteiger partial charge in [0.25, 0.3) is 5.91 Å². The normalized spacial score (nSPS) is 13.8. The second-order valence-corrected chi connectivity index (χ2v) is 6.37. The fourth-order valence-corrected chi connectivity index (χ4v) is 2.28. The lowest BCUT2D eigenvalue weighted by Crippen LogP contribution is -2.40. The molecule has 0 aliphatic carbocycles. The lowest BCUT2D eigenvalue weighted by molar-refractivity contribution is -0.0446. The van der Waals surface area contributed by atoms with Crippen LogP contribution in [0, 0.1) is 0 Å². The van der Waals surface area contributed by atoms with Gasteiger partial charge in [-0.15, -0.1) is 0 Å². The molecule has 21 heavy (non-hydrogen) atoms. The molecule has 0 saturated heterocycles. The molecule has 0 radical (unpaired) electrons. The van der Waals surface area contributed by atoms with Crippen molar-refractivity contribution in [2.75, 3.05) is 0 Å². The number of alkyl halides is 3. The molecule has 1 aromatic carbocycles. The van der Waals surface area contributed by atoms with Crippen LogP contribution in [0.15, 0.2) is 24.3 Å². The molecule has 0 aliphatic rings. The zero-order valence-electron chi connectivity index (χ0n) is 11.6. The summed E-state index contributed by atoms with van der Waals surface area (Å²) < 4.78 is 59.2. The monoisotopic (exact) mass is 323 g/mol. The van der Waals surface area contributed by atoms with Crippen molar-refractivity contribution in [3.05, 3.63) is 35.4 Å². The first-order valence-electron chi connectivity index (χ1n) is 6.32. The molecule has 8 heteroatoms. The summed E-state index contributed by atoms with van der Waals surface area (Å²) in [7, 11) is -5.68. The van der Waals surface area contributed by atoms with E-state index in [0.717, 1.165) is 23.1 Å². The molecule has 0 saturated carbocycles. The van der Waals surface area contributed by atoms with Crippen LogP contribution in [0.5, 0.6) is 0 Å². The van der Waals surface area contributed by atoms with Crippen LogP contribution in [0.1, 0.15) is 48.5 Å². The SMILES string of the molecule is CCCC(C)c1ccc(C(=O)NS(=O)(=O)C(F)(F)F)cc1. The summed E-state index contributed by atoms with van der Waals surface area (Å²) >= 11 is 0. The van der Waals surface area contributed by atoms with Crippen molar-refractivity contribution in [2.24, 2.45) is 0 Å². The molecule has 0 heterocycles. The highest BCUT2D eigenvalue weighted by atomic mass is 32.2. The van der Waals surface area contributed by atoms with E-state index in [1.165, 1.54) is 12.1 Å². The summed E-state index contributed by atoms with van der Waals surface area (Å²) in [6.45, 7) is 4.02. The summed E-state index contributed by atoms with van der Waals surface area (Å²) in [5, 5.41) is 0. The van der Waals surface area contributed by atoms with Gasteiger partial charge in [-0.1, -0.05) is 32.4 Å². The number of benzene rings is 1. The van der Waals surface area contributed by atoms with E-state index in [9.17, 15) is 26.4 Å². The maximum absolute atomic E-state index is 12.2. The molecule has 0 aromatic heterocycles. The number of carbonyl (C=O) groups is 1. The van der Waals surface area contributed by atoms with Gasteiger partial charge >= 0.3 is 15.5 Å². The Morgan fingerprint density at radius 3 is 2.19 bits per heavy atom. The van der Waals surface area contributed by atoms with Crippen LogP contribution in [0.2, 0.25) is 0 Å². The Morgan fingerprint density at radius 1 is 1.24 bits per heavy atom. The molecule has 0 fully saturated rings. The van der Waals surface area contributed by atoms with E-state index in [2.05, 4.69) is 0 Å². The Morgan fingerprint density at radius 2 is 1.76 bits per heavy atom. The largest absolute Gasteiger partial charge is 0.516 e. The van der Waals surface area contributed by atoms with Gasteiger partial charge in [0.1, 0.15) is 0 Å². The molecule has 0 bridgehead atoms. The van der Waals surface area contributed by atoms with Gasteiger partial charge in [0.2, 0.25) is 0 Å². The van der Waals surface area contributed by atoms with Gasteiger partial charge in [-0.25, -0.2) is 4.72 Å². The predicted molar refractivity (Wildman–Crippen MR) is 72.2 cm³/mol. The van der Waals surface area contributed by atoms with Gasteiger partial charge in [0.05, 0.1) is 0 Å². The molecular formula is C13H16F3NO3S. The maximum atomic E-state index is 12.2. The summed E-state index contributed by atoms with van der Waals surface area (Å²) in [5.41, 5.74) is -4.72. The van der Waals surface area contributed by atoms with Crippen molar-refractivity contribution in [2.45, 2.75) is 38.1 Å².